The highest BCUT2D eigenvalue weighted by atomic mass is 35.5. The predicted octanol–water partition coefficient (Wildman–Crippen LogP) is 4.77. The number of hydrogen-bond acceptors (Lipinski definition) is 3. The van der Waals surface area contributed by atoms with Crippen molar-refractivity contribution in [1.82, 2.24) is 9.72 Å². The summed E-state index contributed by atoms with van der Waals surface area (Å²) < 4.78 is 6.87. The number of hydrogen-bond donors (Lipinski definition) is 1. The number of nitrogens with one attached hydrogen (secondary N) is 1. The molecule has 2 aromatic heterocycles. The molecule has 5 nitrogen and oxygen atoms in total. The molecule has 0 saturated heterocycles. The van der Waals surface area contributed by atoms with E-state index in [0.29, 0.717) is 16.3 Å². The minimum atomic E-state index is -0.662. The van der Waals surface area contributed by atoms with E-state index in [2.05, 4.69) is 5.32 Å². The summed E-state index contributed by atoms with van der Waals surface area (Å²) >= 11 is 6.00. The summed E-state index contributed by atoms with van der Waals surface area (Å²) in [6.07, 6.45) is 1.78. The molecule has 0 aliphatic heterocycles. The zero-order valence-corrected chi connectivity index (χ0v) is 17.0. The van der Waals surface area contributed by atoms with Crippen molar-refractivity contribution < 1.29 is 14.3 Å². The lowest BCUT2D eigenvalue weighted by Crippen LogP contribution is -2.31. The lowest BCUT2D eigenvalue weighted by atomic mass is 10.0. The first-order valence-electron chi connectivity index (χ1n) is 9.38. The molecule has 1 N–H and O–H groups in total. The summed E-state index contributed by atoms with van der Waals surface area (Å²) in [5.41, 5.74) is 3.51. The highest BCUT2D eigenvalue weighted by Gasteiger charge is 2.24. The van der Waals surface area contributed by atoms with Crippen LogP contribution < -0.4 is 10.1 Å². The van der Waals surface area contributed by atoms with Crippen LogP contribution >= 0.6 is 11.6 Å². The number of pyridine rings is 1. The molecule has 0 aliphatic rings. The Morgan fingerprint density at radius 1 is 1.00 bits per heavy atom. The van der Waals surface area contributed by atoms with E-state index >= 15 is 0 Å². The molecule has 0 unspecified atom stereocenters. The van der Waals surface area contributed by atoms with Crippen molar-refractivity contribution in [2.24, 2.45) is 0 Å². The Morgan fingerprint density at radius 3 is 2.43 bits per heavy atom. The zero-order valence-electron chi connectivity index (χ0n) is 16.3. The summed E-state index contributed by atoms with van der Waals surface area (Å²) in [6.45, 7) is 0.244. The standard InChI is InChI=1S/C24H19ClN2O3/c1-30-20-11-5-16(6-12-20)15-26-24(29)23(28)22-21(17-7-9-18(25)10-8-17)14-19-4-2-3-13-27(19)22/h2-14H,15H2,1H3,(H,26,29). The number of Topliss-reactive ketones (excluding diaryl/α,β-unsaturated/α-hetero) is 1. The number of rotatable bonds is 6. The first kappa shape index (κ1) is 19.7. The molecule has 6 heteroatoms. The number of ether oxygens (including phenoxy) is 1. The number of aromatic nitrogens is 1. The SMILES string of the molecule is COc1ccc(CNC(=O)C(=O)c2c(-c3ccc(Cl)cc3)cc3ccccn23)cc1. The van der Waals surface area contributed by atoms with Gasteiger partial charge in [0.05, 0.1) is 7.11 Å². The van der Waals surface area contributed by atoms with E-state index in [1.807, 2.05) is 60.7 Å². The maximum absolute atomic E-state index is 13.1. The molecule has 2 heterocycles. The lowest BCUT2D eigenvalue weighted by molar-refractivity contribution is -0.117. The molecular weight excluding hydrogens is 400 g/mol. The first-order chi connectivity index (χ1) is 14.6. The number of halogens is 1. The molecule has 1 amide bonds. The van der Waals surface area contributed by atoms with Gasteiger partial charge in [-0.05, 0) is 53.6 Å². The fraction of sp³-hybridized carbons (Fsp3) is 0.0833. The van der Waals surface area contributed by atoms with Crippen molar-refractivity contribution in [3.05, 3.63) is 95.3 Å². The molecule has 4 aromatic rings. The van der Waals surface area contributed by atoms with Gasteiger partial charge >= 0.3 is 0 Å². The monoisotopic (exact) mass is 418 g/mol. The zero-order chi connectivity index (χ0) is 21.1. The number of methoxy groups -OCH3 is 1. The fourth-order valence-electron chi connectivity index (χ4n) is 3.32. The highest BCUT2D eigenvalue weighted by molar-refractivity contribution is 6.43. The molecule has 4 rings (SSSR count). The fourth-order valence-corrected chi connectivity index (χ4v) is 3.44. The van der Waals surface area contributed by atoms with Gasteiger partial charge in [0.25, 0.3) is 11.7 Å². The second-order valence-electron chi connectivity index (χ2n) is 6.77. The lowest BCUT2D eigenvalue weighted by Gasteiger charge is -2.08. The van der Waals surface area contributed by atoms with Gasteiger partial charge in [0.15, 0.2) is 0 Å². The second-order valence-corrected chi connectivity index (χ2v) is 7.21. The van der Waals surface area contributed by atoms with E-state index in [-0.39, 0.29) is 6.54 Å². The van der Waals surface area contributed by atoms with Gasteiger partial charge in [-0.1, -0.05) is 41.9 Å². The Kier molecular flexibility index (Phi) is 5.55. The van der Waals surface area contributed by atoms with E-state index in [0.717, 1.165) is 22.4 Å². The van der Waals surface area contributed by atoms with E-state index in [9.17, 15) is 9.59 Å². The molecule has 2 aromatic carbocycles. The van der Waals surface area contributed by atoms with Crippen LogP contribution in [-0.2, 0) is 11.3 Å². The van der Waals surface area contributed by atoms with Gasteiger partial charge in [-0.3, -0.25) is 9.59 Å². The largest absolute Gasteiger partial charge is 0.497 e. The van der Waals surface area contributed by atoms with Crippen molar-refractivity contribution in [3.63, 3.8) is 0 Å². The summed E-state index contributed by atoms with van der Waals surface area (Å²) in [6, 6.07) is 22.0. The van der Waals surface area contributed by atoms with Crippen LogP contribution in [0.1, 0.15) is 16.1 Å². The molecule has 0 radical (unpaired) electrons. The van der Waals surface area contributed by atoms with Gasteiger partial charge in [0.2, 0.25) is 0 Å². The average Bonchev–Trinajstić information content (AvgIpc) is 3.17. The van der Waals surface area contributed by atoms with Crippen molar-refractivity contribution in [2.75, 3.05) is 7.11 Å². The van der Waals surface area contributed by atoms with Gasteiger partial charge in [0.1, 0.15) is 11.4 Å². The van der Waals surface area contributed by atoms with Crippen molar-refractivity contribution in [2.45, 2.75) is 6.54 Å². The van der Waals surface area contributed by atoms with Crippen molar-refractivity contribution in [1.29, 1.82) is 0 Å². The average molecular weight is 419 g/mol. The number of carbonyl (C=O) groups is 2. The minimum absolute atomic E-state index is 0.244. The Hall–Kier alpha value is -3.57. The molecular formula is C24H19ClN2O3. The third kappa shape index (κ3) is 3.93. The second kappa shape index (κ2) is 8.43. The summed E-state index contributed by atoms with van der Waals surface area (Å²) in [7, 11) is 1.59. The van der Waals surface area contributed by atoms with Crippen LogP contribution in [0.4, 0.5) is 0 Å². The van der Waals surface area contributed by atoms with Crippen molar-refractivity contribution >= 4 is 28.8 Å². The van der Waals surface area contributed by atoms with Gasteiger partial charge in [0, 0.05) is 28.8 Å². The van der Waals surface area contributed by atoms with Crippen LogP contribution in [-0.4, -0.2) is 23.2 Å². The van der Waals surface area contributed by atoms with Gasteiger partial charge in [-0.2, -0.15) is 0 Å². The number of benzene rings is 2. The van der Waals surface area contributed by atoms with Crippen LogP contribution in [0.3, 0.4) is 0 Å². The molecule has 150 valence electrons. The third-order valence-corrected chi connectivity index (χ3v) is 5.12. The Morgan fingerprint density at radius 2 is 1.73 bits per heavy atom. The first-order valence-corrected chi connectivity index (χ1v) is 9.76. The van der Waals surface area contributed by atoms with E-state index in [1.165, 1.54) is 0 Å². The molecule has 0 fully saturated rings. The number of carbonyl (C=O) groups excluding carboxylic acids is 2. The normalized spacial score (nSPS) is 10.7. The smallest absolute Gasteiger partial charge is 0.294 e. The number of fused-ring (bicyclic) bond motifs is 1. The maximum atomic E-state index is 13.1. The molecule has 30 heavy (non-hydrogen) atoms. The van der Waals surface area contributed by atoms with Crippen LogP contribution in [0.15, 0.2) is 79.0 Å². The Bertz CT molecular complexity index is 1210. The third-order valence-electron chi connectivity index (χ3n) is 4.87. The number of ketones is 1. The topological polar surface area (TPSA) is 59.8 Å². The van der Waals surface area contributed by atoms with E-state index in [1.54, 1.807) is 29.8 Å². The summed E-state index contributed by atoms with van der Waals surface area (Å²) in [4.78, 5) is 25.8. The number of amides is 1. The molecule has 0 atom stereocenters. The van der Waals surface area contributed by atoms with Crippen LogP contribution in [0, 0.1) is 0 Å². The van der Waals surface area contributed by atoms with Crippen LogP contribution in [0.25, 0.3) is 16.6 Å². The number of nitrogens with zero attached hydrogens (tertiary/aromatic N) is 1. The summed E-state index contributed by atoms with van der Waals surface area (Å²) in [5, 5.41) is 3.32. The Balaban J connectivity index is 1.63. The van der Waals surface area contributed by atoms with Crippen molar-refractivity contribution in [3.8, 4) is 16.9 Å². The highest BCUT2D eigenvalue weighted by Crippen LogP contribution is 2.29. The predicted molar refractivity (Wildman–Crippen MR) is 117 cm³/mol. The molecule has 0 spiro atoms. The van der Waals surface area contributed by atoms with Gasteiger partial charge < -0.3 is 14.5 Å². The van der Waals surface area contributed by atoms with Crippen LogP contribution in [0.5, 0.6) is 5.75 Å². The summed E-state index contributed by atoms with van der Waals surface area (Å²) in [5.74, 6) is -0.530. The van der Waals surface area contributed by atoms with Crippen LogP contribution in [0.2, 0.25) is 5.02 Å². The Labute approximate surface area is 178 Å². The minimum Gasteiger partial charge on any atom is -0.497 e. The maximum Gasteiger partial charge on any atom is 0.294 e. The van der Waals surface area contributed by atoms with E-state index < -0.39 is 11.7 Å². The van der Waals surface area contributed by atoms with Gasteiger partial charge in [-0.25, -0.2) is 0 Å². The van der Waals surface area contributed by atoms with E-state index in [4.69, 9.17) is 16.3 Å². The van der Waals surface area contributed by atoms with Gasteiger partial charge in [-0.15, -0.1) is 0 Å². The quantitative estimate of drug-likeness (QED) is 0.362. The molecule has 0 aliphatic carbocycles. The molecule has 0 bridgehead atoms. The molecule has 0 saturated carbocycles.